The molecular weight excluding hydrogens is 390 g/mol. The molecule has 132 valence electrons. The number of fused-ring (bicyclic) bond motifs is 3. The lowest BCUT2D eigenvalue weighted by atomic mass is 9.20. The fourth-order valence-electron chi connectivity index (χ4n) is 5.65. The van der Waals surface area contributed by atoms with Crippen molar-refractivity contribution in [2.45, 2.75) is 19.6 Å². The average Bonchev–Trinajstić information content (AvgIpc) is 2.77. The molecule has 0 fully saturated rings. The van der Waals surface area contributed by atoms with E-state index in [1.807, 2.05) is 23.5 Å². The van der Waals surface area contributed by atoms with E-state index in [-0.39, 0.29) is 6.71 Å². The van der Waals surface area contributed by atoms with Gasteiger partial charge in [-0.2, -0.15) is 0 Å². The molecule has 4 aromatic rings. The Balaban J connectivity index is 1.57. The van der Waals surface area contributed by atoms with E-state index in [0.29, 0.717) is 6.71 Å². The summed E-state index contributed by atoms with van der Waals surface area (Å²) in [6.07, 6.45) is 0. The Labute approximate surface area is 178 Å². The van der Waals surface area contributed by atoms with Gasteiger partial charge < -0.3 is 4.74 Å². The molecule has 0 bridgehead atoms. The summed E-state index contributed by atoms with van der Waals surface area (Å²) in [6.45, 7) is 0.578. The van der Waals surface area contributed by atoms with E-state index in [1.165, 1.54) is 52.4 Å². The van der Waals surface area contributed by atoms with E-state index < -0.39 is 0 Å². The molecule has 0 atom stereocenters. The van der Waals surface area contributed by atoms with Crippen LogP contribution in [0, 0.1) is 0 Å². The van der Waals surface area contributed by atoms with Gasteiger partial charge >= 0.3 is 0 Å². The molecule has 4 aliphatic rings. The van der Waals surface area contributed by atoms with Crippen LogP contribution in [-0.2, 0) is 0 Å². The summed E-state index contributed by atoms with van der Waals surface area (Å²) in [5.41, 5.74) is 8.63. The quantitative estimate of drug-likeness (QED) is 0.360. The van der Waals surface area contributed by atoms with Gasteiger partial charge in [0.25, 0.3) is 6.71 Å². The molecule has 0 N–H and O–H groups in total. The molecule has 0 saturated heterocycles. The minimum atomic E-state index is 0.287. The van der Waals surface area contributed by atoms with Crippen molar-refractivity contribution in [1.29, 1.82) is 0 Å². The van der Waals surface area contributed by atoms with Crippen molar-refractivity contribution < 1.29 is 4.74 Å². The zero-order valence-electron chi connectivity index (χ0n) is 15.3. The molecule has 0 unspecified atom stereocenters. The van der Waals surface area contributed by atoms with Gasteiger partial charge in [-0.1, -0.05) is 81.8 Å². The molecule has 4 heterocycles. The van der Waals surface area contributed by atoms with Gasteiger partial charge in [-0.3, -0.25) is 0 Å². The molecular formula is C24H12B2OS2. The van der Waals surface area contributed by atoms with E-state index in [9.17, 15) is 0 Å². The topological polar surface area (TPSA) is 9.23 Å². The van der Waals surface area contributed by atoms with Gasteiger partial charge in [-0.25, -0.2) is 0 Å². The standard InChI is InChI=1S/C24H12B2OS2/c1-2-8-17-13(5-1)25-14-6-3-9-18-21(14)26-22-15(7-4-10-19(22)29-18)27-16-11-12-20(28-17)24(25)23(16)26/h1-12H. The van der Waals surface area contributed by atoms with Crippen LogP contribution in [0.5, 0.6) is 11.5 Å². The van der Waals surface area contributed by atoms with Crippen molar-refractivity contribution in [3.63, 3.8) is 0 Å². The van der Waals surface area contributed by atoms with Crippen LogP contribution in [0.3, 0.4) is 0 Å². The fraction of sp³-hybridized carbons (Fsp3) is 0. The summed E-state index contributed by atoms with van der Waals surface area (Å²) >= 11 is 3.81. The number of hydrogen-bond acceptors (Lipinski definition) is 3. The number of ether oxygens (including phenoxy) is 1. The second-order valence-corrected chi connectivity index (χ2v) is 10.2. The first kappa shape index (κ1) is 15.4. The van der Waals surface area contributed by atoms with Crippen LogP contribution >= 0.6 is 23.5 Å². The lowest BCUT2D eigenvalue weighted by molar-refractivity contribution is 0.486. The third-order valence-electron chi connectivity index (χ3n) is 6.69. The van der Waals surface area contributed by atoms with Crippen LogP contribution in [-0.4, -0.2) is 13.4 Å². The third-order valence-corrected chi connectivity index (χ3v) is 9.01. The molecule has 0 radical (unpaired) electrons. The Bertz CT molecular complexity index is 1400. The minimum Gasteiger partial charge on any atom is -0.458 e. The fourth-order valence-corrected chi connectivity index (χ4v) is 8.01. The van der Waals surface area contributed by atoms with Crippen molar-refractivity contribution >= 4 is 69.7 Å². The van der Waals surface area contributed by atoms with Gasteiger partial charge in [0.05, 0.1) is 0 Å². The van der Waals surface area contributed by atoms with Crippen molar-refractivity contribution in [1.82, 2.24) is 0 Å². The Morgan fingerprint density at radius 2 is 1.17 bits per heavy atom. The summed E-state index contributed by atoms with van der Waals surface area (Å²) in [5, 5.41) is 0. The van der Waals surface area contributed by atoms with Crippen LogP contribution in [0.15, 0.2) is 92.4 Å². The van der Waals surface area contributed by atoms with Crippen LogP contribution in [0.2, 0.25) is 0 Å². The largest absolute Gasteiger partial charge is 0.458 e. The molecule has 1 nitrogen and oxygen atoms in total. The zero-order chi connectivity index (χ0) is 18.7. The molecule has 0 amide bonds. The molecule has 0 spiro atoms. The van der Waals surface area contributed by atoms with Crippen molar-refractivity contribution in [2.24, 2.45) is 0 Å². The molecule has 5 heteroatoms. The summed E-state index contributed by atoms with van der Waals surface area (Å²) in [5.74, 6) is 2.06. The summed E-state index contributed by atoms with van der Waals surface area (Å²) in [6, 6.07) is 26.8. The Hall–Kier alpha value is -2.49. The smallest absolute Gasteiger partial charge is 0.252 e. The van der Waals surface area contributed by atoms with Gasteiger partial charge in [-0.15, -0.1) is 0 Å². The lowest BCUT2D eigenvalue weighted by Crippen LogP contribution is -2.78. The van der Waals surface area contributed by atoms with Crippen molar-refractivity contribution in [3.05, 3.63) is 72.8 Å². The first-order valence-electron chi connectivity index (χ1n) is 9.93. The predicted octanol–water partition coefficient (Wildman–Crippen LogP) is 2.07. The maximum Gasteiger partial charge on any atom is 0.252 e. The normalized spacial score (nSPS) is 15.4. The highest BCUT2D eigenvalue weighted by atomic mass is 32.2. The summed E-state index contributed by atoms with van der Waals surface area (Å²) in [7, 11) is 0. The summed E-state index contributed by atoms with van der Waals surface area (Å²) in [4.78, 5) is 5.49. The van der Waals surface area contributed by atoms with Crippen molar-refractivity contribution in [3.8, 4) is 11.5 Å². The molecule has 0 aliphatic carbocycles. The van der Waals surface area contributed by atoms with Crippen LogP contribution < -0.4 is 37.5 Å². The maximum absolute atomic E-state index is 6.49. The Kier molecular flexibility index (Phi) is 2.73. The minimum absolute atomic E-state index is 0.287. The van der Waals surface area contributed by atoms with Crippen molar-refractivity contribution in [2.75, 3.05) is 0 Å². The highest BCUT2D eigenvalue weighted by Gasteiger charge is 2.49. The molecule has 8 rings (SSSR count). The summed E-state index contributed by atoms with van der Waals surface area (Å²) < 4.78 is 6.49. The zero-order valence-corrected chi connectivity index (χ0v) is 16.9. The first-order chi connectivity index (χ1) is 14.4. The highest BCUT2D eigenvalue weighted by molar-refractivity contribution is 8.00. The van der Waals surface area contributed by atoms with Gasteiger partial charge in [0, 0.05) is 19.6 Å². The second kappa shape index (κ2) is 5.16. The van der Waals surface area contributed by atoms with E-state index >= 15 is 0 Å². The first-order valence-corrected chi connectivity index (χ1v) is 11.6. The molecule has 4 aromatic carbocycles. The average molecular weight is 402 g/mol. The number of benzene rings is 4. The van der Waals surface area contributed by atoms with Gasteiger partial charge in [-0.05, 0) is 47.3 Å². The van der Waals surface area contributed by atoms with E-state index in [1.54, 1.807) is 0 Å². The molecule has 4 aliphatic heterocycles. The molecule has 29 heavy (non-hydrogen) atoms. The van der Waals surface area contributed by atoms with E-state index in [4.69, 9.17) is 4.74 Å². The number of rotatable bonds is 0. The third kappa shape index (κ3) is 1.76. The lowest BCUT2D eigenvalue weighted by Gasteiger charge is -2.42. The van der Waals surface area contributed by atoms with Gasteiger partial charge in [0.2, 0.25) is 6.71 Å². The Morgan fingerprint density at radius 1 is 0.483 bits per heavy atom. The predicted molar refractivity (Wildman–Crippen MR) is 123 cm³/mol. The monoisotopic (exact) mass is 402 g/mol. The highest BCUT2D eigenvalue weighted by Crippen LogP contribution is 2.39. The molecule has 0 aromatic heterocycles. The molecule has 0 saturated carbocycles. The maximum atomic E-state index is 6.49. The Morgan fingerprint density at radius 3 is 2.14 bits per heavy atom. The van der Waals surface area contributed by atoms with Crippen LogP contribution in [0.4, 0.5) is 0 Å². The van der Waals surface area contributed by atoms with Gasteiger partial charge in [0.15, 0.2) is 0 Å². The SMILES string of the molecule is c1ccc2c(c1)Sc1ccc3c4c1B2c1cccc2c1B4c1c(cccc1S2)O3. The number of hydrogen-bond donors (Lipinski definition) is 0. The van der Waals surface area contributed by atoms with E-state index in [2.05, 4.69) is 72.8 Å². The van der Waals surface area contributed by atoms with Crippen LogP contribution in [0.25, 0.3) is 0 Å². The van der Waals surface area contributed by atoms with E-state index in [0.717, 1.165) is 11.5 Å². The second-order valence-electron chi connectivity index (χ2n) is 8.03. The van der Waals surface area contributed by atoms with Gasteiger partial charge in [0.1, 0.15) is 11.5 Å². The van der Waals surface area contributed by atoms with Crippen LogP contribution in [0.1, 0.15) is 0 Å².